The zero-order valence-corrected chi connectivity index (χ0v) is 18.6. The fraction of sp³-hybridized carbons (Fsp3) is 0.240. The number of anilines is 3. The van der Waals surface area contributed by atoms with E-state index in [1.165, 1.54) is 18.9 Å². The van der Waals surface area contributed by atoms with Gasteiger partial charge in [0.15, 0.2) is 0 Å². The van der Waals surface area contributed by atoms with Crippen LogP contribution in [0, 0.1) is 0 Å². The van der Waals surface area contributed by atoms with E-state index >= 15 is 0 Å². The summed E-state index contributed by atoms with van der Waals surface area (Å²) in [6.45, 7) is 1.29. The number of amides is 1. The molecule has 0 N–H and O–H groups in total. The molecule has 0 aliphatic heterocycles. The maximum absolute atomic E-state index is 13.3. The number of carbonyl (C=O) groups is 1. The van der Waals surface area contributed by atoms with Crippen molar-refractivity contribution in [3.63, 3.8) is 0 Å². The first-order valence-corrected chi connectivity index (χ1v) is 10.3. The van der Waals surface area contributed by atoms with E-state index in [2.05, 4.69) is 0 Å². The van der Waals surface area contributed by atoms with Crippen LogP contribution in [-0.2, 0) is 17.1 Å². The van der Waals surface area contributed by atoms with Crippen molar-refractivity contribution in [3.05, 3.63) is 89.5 Å². The van der Waals surface area contributed by atoms with Gasteiger partial charge >= 0.3 is 12.4 Å². The molecule has 0 saturated carbocycles. The van der Waals surface area contributed by atoms with E-state index in [0.29, 0.717) is 23.5 Å². The first kappa shape index (κ1) is 25.1. The van der Waals surface area contributed by atoms with Gasteiger partial charge in [0, 0.05) is 19.8 Å². The highest BCUT2D eigenvalue weighted by Crippen LogP contribution is 2.39. The summed E-state index contributed by atoms with van der Waals surface area (Å²) in [6, 6.07) is 17.4. The van der Waals surface area contributed by atoms with Gasteiger partial charge in [-0.3, -0.25) is 4.79 Å². The Balaban J connectivity index is 1.99. The van der Waals surface area contributed by atoms with Gasteiger partial charge in [-0.05, 0) is 55.0 Å². The van der Waals surface area contributed by atoms with Gasteiger partial charge in [0.1, 0.15) is 0 Å². The molecule has 34 heavy (non-hydrogen) atoms. The zero-order chi connectivity index (χ0) is 25.3. The van der Waals surface area contributed by atoms with Crippen LogP contribution in [0.25, 0.3) is 0 Å². The maximum atomic E-state index is 13.3. The molecule has 3 aromatic rings. The van der Waals surface area contributed by atoms with Crippen LogP contribution in [0.4, 0.5) is 43.4 Å². The van der Waals surface area contributed by atoms with Crippen molar-refractivity contribution >= 4 is 23.0 Å². The molecule has 3 rings (SSSR count). The van der Waals surface area contributed by atoms with Gasteiger partial charge in [-0.15, -0.1) is 0 Å². The Morgan fingerprint density at radius 1 is 0.735 bits per heavy atom. The Morgan fingerprint density at radius 2 is 1.21 bits per heavy atom. The molecule has 1 unspecified atom stereocenters. The average molecular weight is 480 g/mol. The van der Waals surface area contributed by atoms with Crippen molar-refractivity contribution in [2.45, 2.75) is 25.2 Å². The van der Waals surface area contributed by atoms with E-state index in [4.69, 9.17) is 0 Å². The van der Waals surface area contributed by atoms with Gasteiger partial charge in [-0.2, -0.15) is 26.3 Å². The van der Waals surface area contributed by atoms with Crippen LogP contribution in [0.2, 0.25) is 0 Å². The summed E-state index contributed by atoms with van der Waals surface area (Å²) < 4.78 is 79.6. The molecule has 0 aliphatic rings. The topological polar surface area (TPSA) is 23.6 Å². The third-order valence-electron chi connectivity index (χ3n) is 5.56. The minimum absolute atomic E-state index is 0.0501. The Labute approximate surface area is 193 Å². The van der Waals surface area contributed by atoms with Gasteiger partial charge < -0.3 is 9.80 Å². The molecule has 1 atom stereocenters. The summed E-state index contributed by atoms with van der Waals surface area (Å²) >= 11 is 0. The molecular weight excluding hydrogens is 458 g/mol. The third-order valence-corrected chi connectivity index (χ3v) is 5.56. The monoisotopic (exact) mass is 480 g/mol. The molecule has 3 nitrogen and oxygen atoms in total. The standard InChI is InChI=1S/C25H22F6N2O/c1-16(17-13-18(24(26,27)28)15-19(14-17)25(29,30)31)23(34)33(3)22-12-8-7-11-21(22)32(2)20-9-5-4-6-10-20/h4-16H,1-3H3. The highest BCUT2D eigenvalue weighted by molar-refractivity contribution is 6.00. The van der Waals surface area contributed by atoms with Crippen LogP contribution >= 0.6 is 0 Å². The number of likely N-dealkylation sites (N-methyl/N-ethyl adjacent to an activating group) is 1. The van der Waals surface area contributed by atoms with Gasteiger partial charge in [0.2, 0.25) is 5.91 Å². The SMILES string of the molecule is CC(C(=O)N(C)c1ccccc1N(C)c1ccccc1)c1cc(C(F)(F)F)cc(C(F)(F)F)c1. The van der Waals surface area contributed by atoms with Gasteiger partial charge in [0.05, 0.1) is 28.4 Å². The summed E-state index contributed by atoms with van der Waals surface area (Å²) in [5, 5.41) is 0. The average Bonchev–Trinajstić information content (AvgIpc) is 2.81. The largest absolute Gasteiger partial charge is 0.416 e. The maximum Gasteiger partial charge on any atom is 0.416 e. The summed E-state index contributed by atoms with van der Waals surface area (Å²) in [4.78, 5) is 16.3. The van der Waals surface area contributed by atoms with Crippen LogP contribution in [0.5, 0.6) is 0 Å². The highest BCUT2D eigenvalue weighted by atomic mass is 19.4. The molecule has 0 bridgehead atoms. The second kappa shape index (κ2) is 9.40. The highest BCUT2D eigenvalue weighted by Gasteiger charge is 2.38. The number of alkyl halides is 6. The van der Waals surface area contributed by atoms with E-state index in [1.54, 1.807) is 31.3 Å². The van der Waals surface area contributed by atoms with Gasteiger partial charge in [0.25, 0.3) is 0 Å². The van der Waals surface area contributed by atoms with E-state index in [9.17, 15) is 31.1 Å². The molecule has 0 aliphatic carbocycles. The fourth-order valence-corrected chi connectivity index (χ4v) is 3.60. The molecule has 3 aromatic carbocycles. The second-order valence-corrected chi connectivity index (χ2v) is 7.84. The predicted molar refractivity (Wildman–Crippen MR) is 119 cm³/mol. The lowest BCUT2D eigenvalue weighted by Crippen LogP contribution is -2.32. The van der Waals surface area contributed by atoms with Crippen molar-refractivity contribution in [1.82, 2.24) is 0 Å². The number of hydrogen-bond acceptors (Lipinski definition) is 2. The van der Waals surface area contributed by atoms with E-state index in [1.807, 2.05) is 35.2 Å². The molecule has 0 saturated heterocycles. The van der Waals surface area contributed by atoms with Gasteiger partial charge in [-0.25, -0.2) is 0 Å². The lowest BCUT2D eigenvalue weighted by atomic mass is 9.94. The van der Waals surface area contributed by atoms with E-state index < -0.39 is 35.3 Å². The lowest BCUT2D eigenvalue weighted by Gasteiger charge is -2.29. The number of halogens is 6. The van der Waals surface area contributed by atoms with Crippen LogP contribution in [0.1, 0.15) is 29.5 Å². The Kier molecular flexibility index (Phi) is 6.95. The first-order chi connectivity index (χ1) is 15.8. The molecular formula is C25H22F6N2O. The normalized spacial score (nSPS) is 12.9. The van der Waals surface area contributed by atoms with Crippen molar-refractivity contribution in [1.29, 1.82) is 0 Å². The molecule has 1 amide bonds. The Bertz CT molecular complexity index is 1130. The number of rotatable bonds is 5. The number of benzene rings is 3. The van der Waals surface area contributed by atoms with Crippen LogP contribution in [-0.4, -0.2) is 20.0 Å². The van der Waals surface area contributed by atoms with E-state index in [0.717, 1.165) is 5.69 Å². The van der Waals surface area contributed by atoms with Crippen LogP contribution in [0.15, 0.2) is 72.8 Å². The molecule has 0 radical (unpaired) electrons. The Morgan fingerprint density at radius 3 is 1.71 bits per heavy atom. The molecule has 180 valence electrons. The molecule has 0 aromatic heterocycles. The quantitative estimate of drug-likeness (QED) is 0.359. The zero-order valence-electron chi connectivity index (χ0n) is 18.6. The summed E-state index contributed by atoms with van der Waals surface area (Å²) in [6.07, 6.45) is -9.98. The van der Waals surface area contributed by atoms with Crippen molar-refractivity contribution in [2.24, 2.45) is 0 Å². The first-order valence-electron chi connectivity index (χ1n) is 10.3. The van der Waals surface area contributed by atoms with Gasteiger partial charge in [-0.1, -0.05) is 30.3 Å². The summed E-state index contributed by atoms with van der Waals surface area (Å²) in [7, 11) is 3.23. The third kappa shape index (κ3) is 5.35. The molecule has 0 spiro atoms. The summed E-state index contributed by atoms with van der Waals surface area (Å²) in [5.41, 5.74) is -1.36. The number of nitrogens with zero attached hydrogens (tertiary/aromatic N) is 2. The molecule has 9 heteroatoms. The predicted octanol–water partition coefficient (Wildman–Crippen LogP) is 7.26. The minimum Gasteiger partial charge on any atom is -0.343 e. The second-order valence-electron chi connectivity index (χ2n) is 7.84. The number of para-hydroxylation sites is 3. The molecule has 0 heterocycles. The van der Waals surface area contributed by atoms with Crippen LogP contribution in [0.3, 0.4) is 0 Å². The van der Waals surface area contributed by atoms with E-state index in [-0.39, 0.29) is 11.6 Å². The van der Waals surface area contributed by atoms with Crippen molar-refractivity contribution in [3.8, 4) is 0 Å². The summed E-state index contributed by atoms with van der Waals surface area (Å²) in [5.74, 6) is -1.91. The van der Waals surface area contributed by atoms with Crippen molar-refractivity contribution in [2.75, 3.05) is 23.9 Å². The van der Waals surface area contributed by atoms with Crippen LogP contribution < -0.4 is 9.80 Å². The smallest absolute Gasteiger partial charge is 0.343 e. The number of hydrogen-bond donors (Lipinski definition) is 0. The minimum atomic E-state index is -4.99. The number of carbonyl (C=O) groups excluding carboxylic acids is 1. The lowest BCUT2D eigenvalue weighted by molar-refractivity contribution is -0.143. The molecule has 0 fully saturated rings. The fourth-order valence-electron chi connectivity index (χ4n) is 3.60. The van der Waals surface area contributed by atoms with Crippen molar-refractivity contribution < 1.29 is 31.1 Å². The Hall–Kier alpha value is -3.49.